The third-order valence-electron chi connectivity index (χ3n) is 3.47. The summed E-state index contributed by atoms with van der Waals surface area (Å²) in [6.45, 7) is 2.94. The normalized spacial score (nSPS) is 24.8. The number of nitrogens with two attached hydrogens (primary N) is 1. The zero-order chi connectivity index (χ0) is 12.3. The number of hydrogen-bond acceptors (Lipinski definition) is 2. The Kier molecular flexibility index (Phi) is 4.46. The first-order valence-corrected chi connectivity index (χ1v) is 7.10. The van der Waals surface area contributed by atoms with E-state index in [-0.39, 0.29) is 0 Å². The minimum Gasteiger partial charge on any atom is -0.398 e. The first-order valence-electron chi connectivity index (χ1n) is 6.30. The summed E-state index contributed by atoms with van der Waals surface area (Å²) in [4.78, 5) is 0. The average Bonchev–Trinajstić information content (AvgIpc) is 2.28. The minimum absolute atomic E-state index is 0.418. The van der Waals surface area contributed by atoms with E-state index in [1.807, 2.05) is 18.2 Å². The fourth-order valence-corrected chi connectivity index (χ4v) is 2.81. The Labute approximate surface area is 112 Å². The molecule has 0 amide bonds. The van der Waals surface area contributed by atoms with E-state index in [1.165, 1.54) is 25.7 Å². The second-order valence-corrected chi connectivity index (χ2v) is 5.96. The van der Waals surface area contributed by atoms with Gasteiger partial charge in [-0.3, -0.25) is 0 Å². The van der Waals surface area contributed by atoms with Crippen LogP contribution in [0.3, 0.4) is 0 Å². The van der Waals surface area contributed by atoms with Crippen LogP contribution in [0.1, 0.15) is 38.2 Å². The zero-order valence-corrected chi connectivity index (χ0v) is 11.9. The van der Waals surface area contributed by atoms with Gasteiger partial charge in [0.05, 0.1) is 12.7 Å². The van der Waals surface area contributed by atoms with E-state index < -0.39 is 0 Å². The van der Waals surface area contributed by atoms with Crippen molar-refractivity contribution >= 4 is 21.6 Å². The van der Waals surface area contributed by atoms with Gasteiger partial charge in [0.2, 0.25) is 0 Å². The molecule has 2 atom stereocenters. The zero-order valence-electron chi connectivity index (χ0n) is 10.3. The lowest BCUT2D eigenvalue weighted by molar-refractivity contribution is 0.00492. The molecule has 2 N–H and O–H groups in total. The molecule has 0 spiro atoms. The van der Waals surface area contributed by atoms with Crippen LogP contribution in [0.5, 0.6) is 0 Å². The van der Waals surface area contributed by atoms with Crippen LogP contribution in [-0.4, -0.2) is 6.10 Å². The van der Waals surface area contributed by atoms with Gasteiger partial charge in [-0.25, -0.2) is 0 Å². The van der Waals surface area contributed by atoms with Crippen molar-refractivity contribution in [1.82, 2.24) is 0 Å². The minimum atomic E-state index is 0.418. The van der Waals surface area contributed by atoms with Crippen LogP contribution in [0.2, 0.25) is 0 Å². The number of nitrogen functional groups attached to an aromatic ring is 1. The Morgan fingerprint density at radius 1 is 1.41 bits per heavy atom. The second kappa shape index (κ2) is 5.87. The van der Waals surface area contributed by atoms with E-state index in [4.69, 9.17) is 10.5 Å². The Balaban J connectivity index is 1.88. The van der Waals surface area contributed by atoms with Crippen molar-refractivity contribution in [1.29, 1.82) is 0 Å². The summed E-state index contributed by atoms with van der Waals surface area (Å²) in [5, 5.41) is 0. The van der Waals surface area contributed by atoms with Crippen LogP contribution in [0.25, 0.3) is 0 Å². The molecule has 0 bridgehead atoms. The molecule has 1 fully saturated rings. The smallest absolute Gasteiger partial charge is 0.0740 e. The van der Waals surface area contributed by atoms with Gasteiger partial charge in [0.1, 0.15) is 0 Å². The largest absolute Gasteiger partial charge is 0.398 e. The van der Waals surface area contributed by atoms with E-state index >= 15 is 0 Å². The lowest BCUT2D eigenvalue weighted by atomic mass is 9.89. The van der Waals surface area contributed by atoms with Gasteiger partial charge in [-0.1, -0.05) is 41.8 Å². The summed E-state index contributed by atoms with van der Waals surface area (Å²) in [6.07, 6.45) is 5.45. The van der Waals surface area contributed by atoms with Crippen LogP contribution in [-0.2, 0) is 11.3 Å². The fraction of sp³-hybridized carbons (Fsp3) is 0.571. The highest BCUT2D eigenvalue weighted by atomic mass is 79.9. The van der Waals surface area contributed by atoms with Gasteiger partial charge in [-0.2, -0.15) is 0 Å². The van der Waals surface area contributed by atoms with Crippen molar-refractivity contribution in [2.45, 2.75) is 45.3 Å². The standard InChI is InChI=1S/C14H20BrNO/c1-10-3-2-4-13(7-10)17-9-11-5-6-12(15)8-14(11)16/h5-6,8,10,13H,2-4,7,9,16H2,1H3. The molecule has 1 saturated carbocycles. The van der Waals surface area contributed by atoms with Gasteiger partial charge < -0.3 is 10.5 Å². The van der Waals surface area contributed by atoms with E-state index in [0.717, 1.165) is 21.6 Å². The van der Waals surface area contributed by atoms with Crippen molar-refractivity contribution in [3.05, 3.63) is 28.2 Å². The maximum atomic E-state index is 5.96. The number of hydrogen-bond donors (Lipinski definition) is 1. The molecule has 1 aromatic carbocycles. The molecule has 17 heavy (non-hydrogen) atoms. The third kappa shape index (κ3) is 3.71. The number of rotatable bonds is 3. The molecule has 0 saturated heterocycles. The van der Waals surface area contributed by atoms with Crippen molar-refractivity contribution in [3.8, 4) is 0 Å². The SMILES string of the molecule is CC1CCCC(OCc2ccc(Br)cc2N)C1. The Bertz CT molecular complexity index is 380. The molecule has 0 aromatic heterocycles. The van der Waals surface area contributed by atoms with Gasteiger partial charge in [0, 0.05) is 15.7 Å². The summed E-state index contributed by atoms with van der Waals surface area (Å²) in [7, 11) is 0. The van der Waals surface area contributed by atoms with Gasteiger partial charge in [-0.05, 0) is 30.9 Å². The number of anilines is 1. The number of halogens is 1. The average molecular weight is 298 g/mol. The molecule has 2 rings (SSSR count). The van der Waals surface area contributed by atoms with E-state index in [0.29, 0.717) is 12.7 Å². The summed E-state index contributed by atoms with van der Waals surface area (Å²) in [5.74, 6) is 0.802. The number of benzene rings is 1. The molecule has 94 valence electrons. The molecule has 0 heterocycles. The summed E-state index contributed by atoms with van der Waals surface area (Å²) < 4.78 is 6.98. The maximum absolute atomic E-state index is 5.96. The predicted octanol–water partition coefficient (Wildman–Crippen LogP) is 4.13. The molecular formula is C14H20BrNO. The second-order valence-electron chi connectivity index (χ2n) is 5.05. The topological polar surface area (TPSA) is 35.2 Å². The van der Waals surface area contributed by atoms with Crippen molar-refractivity contribution in [2.24, 2.45) is 5.92 Å². The Morgan fingerprint density at radius 3 is 2.94 bits per heavy atom. The van der Waals surface area contributed by atoms with Crippen LogP contribution in [0.15, 0.2) is 22.7 Å². The Morgan fingerprint density at radius 2 is 2.24 bits per heavy atom. The highest BCUT2D eigenvalue weighted by Gasteiger charge is 2.19. The van der Waals surface area contributed by atoms with Gasteiger partial charge in [0.15, 0.2) is 0 Å². The fourth-order valence-electron chi connectivity index (χ4n) is 2.43. The summed E-state index contributed by atoms with van der Waals surface area (Å²) in [6, 6.07) is 5.98. The first kappa shape index (κ1) is 12.9. The van der Waals surface area contributed by atoms with Gasteiger partial charge in [-0.15, -0.1) is 0 Å². The Hall–Kier alpha value is -0.540. The molecule has 1 aliphatic carbocycles. The third-order valence-corrected chi connectivity index (χ3v) is 3.96. The maximum Gasteiger partial charge on any atom is 0.0740 e. The van der Waals surface area contributed by atoms with Crippen molar-refractivity contribution in [3.63, 3.8) is 0 Å². The van der Waals surface area contributed by atoms with E-state index in [1.54, 1.807) is 0 Å². The lowest BCUT2D eigenvalue weighted by Gasteiger charge is -2.27. The lowest BCUT2D eigenvalue weighted by Crippen LogP contribution is -2.21. The molecule has 1 aromatic rings. The van der Waals surface area contributed by atoms with Crippen LogP contribution < -0.4 is 5.73 Å². The van der Waals surface area contributed by atoms with Gasteiger partial charge >= 0.3 is 0 Å². The van der Waals surface area contributed by atoms with Crippen LogP contribution >= 0.6 is 15.9 Å². The first-order chi connectivity index (χ1) is 8.15. The molecule has 3 heteroatoms. The van der Waals surface area contributed by atoms with Crippen LogP contribution in [0.4, 0.5) is 5.69 Å². The van der Waals surface area contributed by atoms with Crippen molar-refractivity contribution in [2.75, 3.05) is 5.73 Å². The molecular weight excluding hydrogens is 278 g/mol. The molecule has 0 aliphatic heterocycles. The summed E-state index contributed by atoms with van der Waals surface area (Å²) in [5.41, 5.74) is 7.85. The quantitative estimate of drug-likeness (QED) is 0.852. The monoisotopic (exact) mass is 297 g/mol. The molecule has 2 nitrogen and oxygen atoms in total. The van der Waals surface area contributed by atoms with Crippen molar-refractivity contribution < 1.29 is 4.74 Å². The summed E-state index contributed by atoms with van der Waals surface area (Å²) >= 11 is 3.41. The predicted molar refractivity (Wildman–Crippen MR) is 74.8 cm³/mol. The van der Waals surface area contributed by atoms with Crippen LogP contribution in [0, 0.1) is 5.92 Å². The highest BCUT2D eigenvalue weighted by Crippen LogP contribution is 2.27. The highest BCUT2D eigenvalue weighted by molar-refractivity contribution is 9.10. The molecule has 0 radical (unpaired) electrons. The number of ether oxygens (including phenoxy) is 1. The molecule has 2 unspecified atom stereocenters. The van der Waals surface area contributed by atoms with Gasteiger partial charge in [0.25, 0.3) is 0 Å². The van der Waals surface area contributed by atoms with E-state index in [2.05, 4.69) is 22.9 Å². The van der Waals surface area contributed by atoms with E-state index in [9.17, 15) is 0 Å². The molecule has 1 aliphatic rings.